The number of para-hydroxylation sites is 1. The third-order valence-corrected chi connectivity index (χ3v) is 6.83. The molecular weight excluding hydrogens is 384 g/mol. The zero-order chi connectivity index (χ0) is 19.3. The lowest BCUT2D eigenvalue weighted by molar-refractivity contribution is -0.124. The Kier molecular flexibility index (Phi) is 4.36. The van der Waals surface area contributed by atoms with Crippen molar-refractivity contribution in [2.75, 3.05) is 11.9 Å². The second-order valence-electron chi connectivity index (χ2n) is 6.46. The molecule has 1 unspecified atom stereocenters. The Hall–Kier alpha value is -1.99. The van der Waals surface area contributed by atoms with Crippen LogP contribution in [0.4, 0.5) is 14.5 Å². The van der Waals surface area contributed by atoms with Gasteiger partial charge in [-0.15, -0.1) is 0 Å². The molecule has 0 radical (unpaired) electrons. The van der Waals surface area contributed by atoms with Crippen LogP contribution >= 0.6 is 11.6 Å². The van der Waals surface area contributed by atoms with E-state index in [2.05, 4.69) is 0 Å². The van der Waals surface area contributed by atoms with Crippen molar-refractivity contribution < 1.29 is 22.0 Å². The number of amides is 1. The molecule has 0 N–H and O–H groups in total. The maximum atomic E-state index is 14.9. The van der Waals surface area contributed by atoms with E-state index in [0.717, 1.165) is 12.1 Å². The standard InChI is InChI=1S/C18H16ClF2NO3S/c1-17(13-9-6-10-14(19)15(13)22(2)16(17)23)11-18(20,21)26(24,25)12-7-4-3-5-8-12/h3-10H,11H2,1-2H3. The highest BCUT2D eigenvalue weighted by Crippen LogP contribution is 2.50. The molecule has 26 heavy (non-hydrogen) atoms. The molecule has 0 fully saturated rings. The van der Waals surface area contributed by atoms with Gasteiger partial charge in [-0.2, -0.15) is 8.78 Å². The summed E-state index contributed by atoms with van der Waals surface area (Å²) < 4.78 is 54.7. The normalized spacial score (nSPS) is 20.3. The molecule has 2 aromatic carbocycles. The highest BCUT2D eigenvalue weighted by molar-refractivity contribution is 7.92. The summed E-state index contributed by atoms with van der Waals surface area (Å²) in [5.74, 6) is -0.622. The minimum atomic E-state index is -4.95. The average molecular weight is 400 g/mol. The molecule has 0 spiro atoms. The van der Waals surface area contributed by atoms with Crippen LogP contribution in [0.5, 0.6) is 0 Å². The van der Waals surface area contributed by atoms with Crippen molar-refractivity contribution in [3.05, 3.63) is 59.1 Å². The Morgan fingerprint density at radius 2 is 1.73 bits per heavy atom. The van der Waals surface area contributed by atoms with Crippen LogP contribution in [0.2, 0.25) is 5.02 Å². The second kappa shape index (κ2) is 6.03. The summed E-state index contributed by atoms with van der Waals surface area (Å²) in [7, 11) is -3.52. The van der Waals surface area contributed by atoms with E-state index in [1.165, 1.54) is 43.1 Å². The molecule has 1 aliphatic rings. The predicted octanol–water partition coefficient (Wildman–Crippen LogP) is 4.03. The maximum Gasteiger partial charge on any atom is 0.351 e. The zero-order valence-corrected chi connectivity index (χ0v) is 15.6. The molecule has 4 nitrogen and oxygen atoms in total. The van der Waals surface area contributed by atoms with Gasteiger partial charge < -0.3 is 4.90 Å². The van der Waals surface area contributed by atoms with E-state index < -0.39 is 37.7 Å². The molecule has 0 aromatic heterocycles. The van der Waals surface area contributed by atoms with Gasteiger partial charge in [0.15, 0.2) is 0 Å². The van der Waals surface area contributed by atoms with Crippen molar-refractivity contribution in [3.63, 3.8) is 0 Å². The van der Waals surface area contributed by atoms with Crippen molar-refractivity contribution in [3.8, 4) is 0 Å². The van der Waals surface area contributed by atoms with Crippen LogP contribution < -0.4 is 4.90 Å². The first-order chi connectivity index (χ1) is 12.0. The molecule has 2 aromatic rings. The summed E-state index contributed by atoms with van der Waals surface area (Å²) in [6, 6.07) is 11.1. The number of fused-ring (bicyclic) bond motifs is 1. The Morgan fingerprint density at radius 3 is 2.35 bits per heavy atom. The molecule has 138 valence electrons. The van der Waals surface area contributed by atoms with Gasteiger partial charge in [-0.05, 0) is 30.7 Å². The number of rotatable bonds is 4. The van der Waals surface area contributed by atoms with E-state index in [1.807, 2.05) is 0 Å². The lowest BCUT2D eigenvalue weighted by Gasteiger charge is -2.28. The van der Waals surface area contributed by atoms with Crippen molar-refractivity contribution in [2.24, 2.45) is 0 Å². The minimum absolute atomic E-state index is 0.247. The monoisotopic (exact) mass is 399 g/mol. The minimum Gasteiger partial charge on any atom is -0.313 e. The van der Waals surface area contributed by atoms with E-state index in [-0.39, 0.29) is 5.02 Å². The number of nitrogens with zero attached hydrogens (tertiary/aromatic N) is 1. The quantitative estimate of drug-likeness (QED) is 0.780. The summed E-state index contributed by atoms with van der Waals surface area (Å²) in [5, 5.41) is -3.89. The van der Waals surface area contributed by atoms with Crippen molar-refractivity contribution in [1.82, 2.24) is 0 Å². The van der Waals surface area contributed by atoms with Crippen LogP contribution in [0.1, 0.15) is 18.9 Å². The first-order valence-corrected chi connectivity index (χ1v) is 9.63. The number of anilines is 1. The van der Waals surface area contributed by atoms with Gasteiger partial charge >= 0.3 is 5.25 Å². The van der Waals surface area contributed by atoms with Gasteiger partial charge in [0.05, 0.1) is 21.0 Å². The first kappa shape index (κ1) is 18.8. The number of hydrogen-bond acceptors (Lipinski definition) is 3. The number of carbonyl (C=O) groups excluding carboxylic acids is 1. The van der Waals surface area contributed by atoms with Gasteiger partial charge in [0, 0.05) is 13.5 Å². The smallest absolute Gasteiger partial charge is 0.313 e. The summed E-state index contributed by atoms with van der Waals surface area (Å²) in [6.07, 6.45) is -1.17. The molecule has 1 aliphatic heterocycles. The van der Waals surface area contributed by atoms with Gasteiger partial charge in [-0.3, -0.25) is 4.79 Å². The molecule has 3 rings (SSSR count). The molecule has 1 amide bonds. The molecule has 0 saturated carbocycles. The fraction of sp³-hybridized carbons (Fsp3) is 0.278. The number of benzene rings is 2. The van der Waals surface area contributed by atoms with E-state index in [4.69, 9.17) is 11.6 Å². The highest BCUT2D eigenvalue weighted by atomic mass is 35.5. The molecule has 1 heterocycles. The van der Waals surface area contributed by atoms with Gasteiger partial charge in [-0.1, -0.05) is 41.9 Å². The van der Waals surface area contributed by atoms with E-state index in [0.29, 0.717) is 11.3 Å². The van der Waals surface area contributed by atoms with Gasteiger partial charge in [-0.25, -0.2) is 8.42 Å². The molecular formula is C18H16ClF2NO3S. The Bertz CT molecular complexity index is 979. The van der Waals surface area contributed by atoms with Crippen LogP contribution in [0.25, 0.3) is 0 Å². The SMILES string of the molecule is CN1C(=O)C(C)(CC(F)(F)S(=O)(=O)c2ccccc2)c2cccc(Cl)c21. The third-order valence-electron chi connectivity index (χ3n) is 4.70. The van der Waals surface area contributed by atoms with Crippen LogP contribution in [0.3, 0.4) is 0 Å². The number of hydrogen-bond donors (Lipinski definition) is 0. The van der Waals surface area contributed by atoms with Crippen molar-refractivity contribution in [1.29, 1.82) is 0 Å². The number of carbonyl (C=O) groups is 1. The molecule has 0 aliphatic carbocycles. The molecule has 1 atom stereocenters. The number of likely N-dealkylation sites (N-methyl/N-ethyl adjacent to an activating group) is 1. The average Bonchev–Trinajstić information content (AvgIpc) is 2.78. The molecule has 8 heteroatoms. The van der Waals surface area contributed by atoms with Gasteiger partial charge in [0.25, 0.3) is 0 Å². The fourth-order valence-electron chi connectivity index (χ4n) is 3.34. The Balaban J connectivity index is 2.08. The van der Waals surface area contributed by atoms with Crippen LogP contribution in [-0.2, 0) is 20.0 Å². The van der Waals surface area contributed by atoms with Crippen molar-refractivity contribution in [2.45, 2.75) is 28.9 Å². The Labute approximate surface area is 155 Å². The summed E-state index contributed by atoms with van der Waals surface area (Å²) >= 11 is 6.11. The fourth-order valence-corrected chi connectivity index (χ4v) is 4.98. The maximum absolute atomic E-state index is 14.9. The van der Waals surface area contributed by atoms with E-state index >= 15 is 0 Å². The number of sulfone groups is 1. The Morgan fingerprint density at radius 1 is 1.12 bits per heavy atom. The lowest BCUT2D eigenvalue weighted by Crippen LogP contribution is -2.43. The van der Waals surface area contributed by atoms with E-state index in [9.17, 15) is 22.0 Å². The zero-order valence-electron chi connectivity index (χ0n) is 14.0. The first-order valence-electron chi connectivity index (χ1n) is 7.77. The topological polar surface area (TPSA) is 54.5 Å². The third kappa shape index (κ3) is 2.61. The van der Waals surface area contributed by atoms with Gasteiger partial charge in [0.2, 0.25) is 15.7 Å². The number of halogens is 3. The summed E-state index contributed by atoms with van der Waals surface area (Å²) in [4.78, 5) is 13.4. The molecule has 0 bridgehead atoms. The van der Waals surface area contributed by atoms with Crippen LogP contribution in [0, 0.1) is 0 Å². The predicted molar refractivity (Wildman–Crippen MR) is 95.4 cm³/mol. The summed E-state index contributed by atoms with van der Waals surface area (Å²) in [5.41, 5.74) is -1.09. The van der Waals surface area contributed by atoms with Crippen molar-refractivity contribution >= 4 is 33.0 Å². The van der Waals surface area contributed by atoms with Crippen LogP contribution in [0.15, 0.2) is 53.4 Å². The molecule has 0 saturated heterocycles. The summed E-state index contributed by atoms with van der Waals surface area (Å²) in [6.45, 7) is 1.32. The largest absolute Gasteiger partial charge is 0.351 e. The van der Waals surface area contributed by atoms with Crippen LogP contribution in [-0.4, -0.2) is 26.6 Å². The number of alkyl halides is 2. The van der Waals surface area contributed by atoms with Gasteiger partial charge in [0.1, 0.15) is 0 Å². The van der Waals surface area contributed by atoms with E-state index in [1.54, 1.807) is 12.1 Å². The highest BCUT2D eigenvalue weighted by Gasteiger charge is 2.57. The lowest BCUT2D eigenvalue weighted by atomic mass is 9.80. The second-order valence-corrected chi connectivity index (χ2v) is 8.95.